The Balaban J connectivity index is 0.00000161. The Morgan fingerprint density at radius 1 is 1.00 bits per heavy atom. The number of halogens is 1. The fourth-order valence-corrected chi connectivity index (χ4v) is 2.11. The molecule has 0 spiro atoms. The lowest BCUT2D eigenvalue weighted by Gasteiger charge is -2.08. The summed E-state index contributed by atoms with van der Waals surface area (Å²) in [4.78, 5) is 0. The molecule has 3 rings (SSSR count). The highest BCUT2D eigenvalue weighted by atomic mass is 35.5. The van der Waals surface area contributed by atoms with Crippen LogP contribution in [-0.2, 0) is 13.2 Å². The zero-order valence-corrected chi connectivity index (χ0v) is 12.5. The zero-order chi connectivity index (χ0) is 13.8. The molecule has 1 heterocycles. The molecule has 21 heavy (non-hydrogen) atoms. The van der Waals surface area contributed by atoms with E-state index in [1.165, 1.54) is 5.56 Å². The van der Waals surface area contributed by atoms with E-state index < -0.39 is 0 Å². The van der Waals surface area contributed by atoms with Crippen molar-refractivity contribution in [1.82, 2.24) is 5.32 Å². The summed E-state index contributed by atoms with van der Waals surface area (Å²) in [5, 5.41) is 3.12. The molecule has 0 radical (unpaired) electrons. The Kier molecular flexibility index (Phi) is 5.31. The lowest BCUT2D eigenvalue weighted by molar-refractivity contribution is -0.00000598. The first-order valence-corrected chi connectivity index (χ1v) is 6.60. The van der Waals surface area contributed by atoms with Crippen molar-refractivity contribution in [2.45, 2.75) is 13.2 Å². The molecule has 4 nitrogen and oxygen atoms in total. The lowest BCUT2D eigenvalue weighted by Crippen LogP contribution is -3.00. The third-order valence-electron chi connectivity index (χ3n) is 3.15. The smallest absolute Gasteiger partial charge is 0.231 e. The normalized spacial score (nSPS) is 11.9. The first-order chi connectivity index (χ1) is 9.85. The van der Waals surface area contributed by atoms with Gasteiger partial charge in [0.15, 0.2) is 11.5 Å². The van der Waals surface area contributed by atoms with Gasteiger partial charge in [0.05, 0.1) is 0 Å². The number of benzene rings is 2. The highest BCUT2D eigenvalue weighted by Crippen LogP contribution is 2.32. The van der Waals surface area contributed by atoms with E-state index in [-0.39, 0.29) is 12.4 Å². The Morgan fingerprint density at radius 2 is 1.71 bits per heavy atom. The second-order valence-electron chi connectivity index (χ2n) is 4.65. The third-order valence-corrected chi connectivity index (χ3v) is 3.15. The second kappa shape index (κ2) is 7.20. The number of rotatable bonds is 5. The van der Waals surface area contributed by atoms with Gasteiger partial charge in [-0.15, -0.1) is 0 Å². The molecule has 0 saturated carbocycles. The minimum absolute atomic E-state index is 0. The van der Waals surface area contributed by atoms with E-state index in [1.807, 2.05) is 37.4 Å². The van der Waals surface area contributed by atoms with Gasteiger partial charge >= 0.3 is 0 Å². The highest BCUT2D eigenvalue weighted by Gasteiger charge is 2.13. The molecular formula is C16H17ClNO3-. The van der Waals surface area contributed by atoms with Crippen LogP contribution in [-0.4, -0.2) is 13.8 Å². The standard InChI is InChI=1S/C16H17NO3.ClH/c1-17-9-12-2-5-14(6-3-12)18-10-13-4-7-15-16(8-13)20-11-19-15;/h2-8,17H,9-11H2,1H3;1H/p-1. The van der Waals surface area contributed by atoms with Gasteiger partial charge in [-0.2, -0.15) is 0 Å². The van der Waals surface area contributed by atoms with Gasteiger partial charge in [0, 0.05) is 6.54 Å². The van der Waals surface area contributed by atoms with Gasteiger partial charge in [0.1, 0.15) is 12.4 Å². The summed E-state index contributed by atoms with van der Waals surface area (Å²) in [6.45, 7) is 1.68. The molecule has 0 aromatic heterocycles. The molecular weight excluding hydrogens is 290 g/mol. The van der Waals surface area contributed by atoms with Crippen LogP contribution in [0, 0.1) is 0 Å². The maximum atomic E-state index is 5.77. The van der Waals surface area contributed by atoms with Crippen LogP contribution in [0.15, 0.2) is 42.5 Å². The van der Waals surface area contributed by atoms with E-state index in [0.717, 1.165) is 29.4 Å². The van der Waals surface area contributed by atoms with Crippen LogP contribution >= 0.6 is 0 Å². The molecule has 1 N–H and O–H groups in total. The van der Waals surface area contributed by atoms with E-state index in [0.29, 0.717) is 13.4 Å². The number of hydrogen-bond donors (Lipinski definition) is 1. The van der Waals surface area contributed by atoms with Crippen LogP contribution < -0.4 is 31.9 Å². The van der Waals surface area contributed by atoms with Gasteiger partial charge in [-0.1, -0.05) is 18.2 Å². The van der Waals surface area contributed by atoms with Crippen LogP contribution in [0.3, 0.4) is 0 Å². The van der Waals surface area contributed by atoms with E-state index in [2.05, 4.69) is 17.4 Å². The minimum atomic E-state index is 0. The second-order valence-corrected chi connectivity index (χ2v) is 4.65. The quantitative estimate of drug-likeness (QED) is 0.825. The molecule has 112 valence electrons. The Morgan fingerprint density at radius 3 is 2.48 bits per heavy atom. The van der Waals surface area contributed by atoms with E-state index in [1.54, 1.807) is 0 Å². The fourth-order valence-electron chi connectivity index (χ4n) is 2.11. The van der Waals surface area contributed by atoms with Gasteiger partial charge in [-0.3, -0.25) is 0 Å². The molecule has 0 unspecified atom stereocenters. The first-order valence-electron chi connectivity index (χ1n) is 6.60. The lowest BCUT2D eigenvalue weighted by atomic mass is 10.2. The first kappa shape index (κ1) is 15.5. The maximum Gasteiger partial charge on any atom is 0.231 e. The van der Waals surface area contributed by atoms with Crippen molar-refractivity contribution in [3.63, 3.8) is 0 Å². The largest absolute Gasteiger partial charge is 1.00 e. The molecule has 1 aliphatic heterocycles. The average Bonchev–Trinajstić information content (AvgIpc) is 2.94. The van der Waals surface area contributed by atoms with Gasteiger partial charge in [0.2, 0.25) is 6.79 Å². The highest BCUT2D eigenvalue weighted by molar-refractivity contribution is 5.44. The van der Waals surface area contributed by atoms with Crippen molar-refractivity contribution in [1.29, 1.82) is 0 Å². The molecule has 0 amide bonds. The van der Waals surface area contributed by atoms with Crippen molar-refractivity contribution < 1.29 is 26.6 Å². The topological polar surface area (TPSA) is 39.7 Å². The fraction of sp³-hybridized carbons (Fsp3) is 0.250. The molecule has 2 aromatic rings. The zero-order valence-electron chi connectivity index (χ0n) is 11.8. The summed E-state index contributed by atoms with van der Waals surface area (Å²) in [5.41, 5.74) is 2.30. The summed E-state index contributed by atoms with van der Waals surface area (Å²) in [6.07, 6.45) is 0. The molecule has 0 atom stereocenters. The third kappa shape index (κ3) is 3.80. The Labute approximate surface area is 130 Å². The van der Waals surface area contributed by atoms with E-state index in [9.17, 15) is 0 Å². The Bertz CT molecular complexity index is 587. The van der Waals surface area contributed by atoms with Crippen molar-refractivity contribution in [2.24, 2.45) is 0 Å². The summed E-state index contributed by atoms with van der Waals surface area (Å²) in [6, 6.07) is 14.0. The average molecular weight is 307 g/mol. The molecule has 0 bridgehead atoms. The van der Waals surface area contributed by atoms with E-state index in [4.69, 9.17) is 14.2 Å². The van der Waals surface area contributed by atoms with Crippen LogP contribution in [0.1, 0.15) is 11.1 Å². The van der Waals surface area contributed by atoms with Crippen molar-refractivity contribution in [3.8, 4) is 17.2 Å². The number of nitrogens with one attached hydrogen (secondary N) is 1. The van der Waals surface area contributed by atoms with Crippen LogP contribution in [0.4, 0.5) is 0 Å². The molecule has 0 fully saturated rings. The maximum absolute atomic E-state index is 5.77. The van der Waals surface area contributed by atoms with Gasteiger partial charge in [-0.05, 0) is 42.4 Å². The van der Waals surface area contributed by atoms with Crippen molar-refractivity contribution in [2.75, 3.05) is 13.8 Å². The van der Waals surface area contributed by atoms with Crippen LogP contribution in [0.25, 0.3) is 0 Å². The van der Waals surface area contributed by atoms with Gasteiger partial charge in [0.25, 0.3) is 0 Å². The van der Waals surface area contributed by atoms with Crippen molar-refractivity contribution >= 4 is 0 Å². The van der Waals surface area contributed by atoms with Gasteiger partial charge in [-0.25, -0.2) is 0 Å². The molecule has 2 aromatic carbocycles. The molecule has 5 heteroatoms. The summed E-state index contributed by atoms with van der Waals surface area (Å²) in [5.74, 6) is 2.45. The van der Waals surface area contributed by atoms with Crippen molar-refractivity contribution in [3.05, 3.63) is 53.6 Å². The number of hydrogen-bond acceptors (Lipinski definition) is 4. The predicted octanol–water partition coefficient (Wildman–Crippen LogP) is -0.282. The minimum Gasteiger partial charge on any atom is -1.00 e. The molecule has 0 saturated heterocycles. The molecule has 1 aliphatic rings. The SMILES string of the molecule is CNCc1ccc(OCc2ccc3c(c2)OCO3)cc1.[Cl-]. The summed E-state index contributed by atoms with van der Waals surface area (Å²) < 4.78 is 16.4. The summed E-state index contributed by atoms with van der Waals surface area (Å²) in [7, 11) is 1.93. The number of fused-ring (bicyclic) bond motifs is 1. The summed E-state index contributed by atoms with van der Waals surface area (Å²) >= 11 is 0. The van der Waals surface area contributed by atoms with Gasteiger partial charge < -0.3 is 31.9 Å². The predicted molar refractivity (Wildman–Crippen MR) is 76.1 cm³/mol. The molecule has 0 aliphatic carbocycles. The monoisotopic (exact) mass is 306 g/mol. The van der Waals surface area contributed by atoms with Crippen LogP contribution in [0.5, 0.6) is 17.2 Å². The Hall–Kier alpha value is -1.91. The van der Waals surface area contributed by atoms with Crippen LogP contribution in [0.2, 0.25) is 0 Å². The number of ether oxygens (including phenoxy) is 3. The van der Waals surface area contributed by atoms with E-state index >= 15 is 0 Å².